The summed E-state index contributed by atoms with van der Waals surface area (Å²) in [4.78, 5) is 48.2. The van der Waals surface area contributed by atoms with E-state index in [1.165, 1.54) is 13.8 Å². The highest BCUT2D eigenvalue weighted by atomic mass is 16.5. The second-order valence-electron chi connectivity index (χ2n) is 7.39. The van der Waals surface area contributed by atoms with Gasteiger partial charge in [0.15, 0.2) is 23.4 Å². The van der Waals surface area contributed by atoms with Gasteiger partial charge in [-0.25, -0.2) is 0 Å². The Bertz CT molecular complexity index is 1010. The third kappa shape index (κ3) is 6.16. The largest absolute Gasteiger partial charge is 0.490 e. The summed E-state index contributed by atoms with van der Waals surface area (Å²) in [5.74, 6) is -0.348. The number of ketones is 2. The smallest absolute Gasteiger partial charge is 0.306 e. The fourth-order valence-corrected chi connectivity index (χ4v) is 3.16. The number of carbonyl (C=O) groups excluding carboxylic acids is 4. The van der Waals surface area contributed by atoms with Crippen molar-refractivity contribution in [3.63, 3.8) is 0 Å². The average Bonchev–Trinajstić information content (AvgIpc) is 3.02. The lowest BCUT2D eigenvalue weighted by atomic mass is 10.1. The number of anilines is 1. The Morgan fingerprint density at radius 2 is 1.59 bits per heavy atom. The molecule has 0 bridgehead atoms. The zero-order valence-corrected chi connectivity index (χ0v) is 18.0. The van der Waals surface area contributed by atoms with Gasteiger partial charge in [-0.15, -0.1) is 0 Å². The standard InChI is InChI=1S/C24H25NO7/c1-15(24(29)17-4-7-19(8-5-17)25-16(2)26)32-23(28)11-9-20(27)18-6-10-21-22(14-18)31-13-3-12-30-21/h4-8,10,14-15H,3,9,11-13H2,1-2H3,(H,25,26)/t15-/m0/s1. The van der Waals surface area contributed by atoms with E-state index in [0.29, 0.717) is 41.5 Å². The third-order valence-corrected chi connectivity index (χ3v) is 4.79. The van der Waals surface area contributed by atoms with E-state index in [2.05, 4.69) is 5.32 Å². The molecule has 8 heteroatoms. The summed E-state index contributed by atoms with van der Waals surface area (Å²) in [6.45, 7) is 3.94. The number of amides is 1. The molecule has 1 amide bonds. The molecular formula is C24H25NO7. The number of esters is 1. The van der Waals surface area contributed by atoms with Crippen molar-refractivity contribution in [3.8, 4) is 11.5 Å². The minimum atomic E-state index is -0.998. The molecule has 0 saturated carbocycles. The number of nitrogens with one attached hydrogen (secondary N) is 1. The molecule has 32 heavy (non-hydrogen) atoms. The van der Waals surface area contributed by atoms with Crippen LogP contribution in [0, 0.1) is 0 Å². The van der Waals surface area contributed by atoms with Gasteiger partial charge in [-0.1, -0.05) is 0 Å². The fraction of sp³-hybridized carbons (Fsp3) is 0.333. The van der Waals surface area contributed by atoms with Crippen molar-refractivity contribution >= 4 is 29.1 Å². The first kappa shape index (κ1) is 23.0. The molecule has 8 nitrogen and oxygen atoms in total. The molecule has 1 N–H and O–H groups in total. The van der Waals surface area contributed by atoms with Gasteiger partial charge in [0, 0.05) is 36.6 Å². The third-order valence-electron chi connectivity index (χ3n) is 4.79. The molecule has 168 valence electrons. The van der Waals surface area contributed by atoms with Crippen LogP contribution >= 0.6 is 0 Å². The fourth-order valence-electron chi connectivity index (χ4n) is 3.16. The number of rotatable bonds is 8. The van der Waals surface area contributed by atoms with Crippen molar-refractivity contribution in [2.24, 2.45) is 0 Å². The lowest BCUT2D eigenvalue weighted by Gasteiger charge is -2.13. The topological polar surface area (TPSA) is 108 Å². The maximum atomic E-state index is 12.5. The van der Waals surface area contributed by atoms with Gasteiger partial charge >= 0.3 is 5.97 Å². The van der Waals surface area contributed by atoms with Crippen LogP contribution in [-0.2, 0) is 14.3 Å². The molecule has 1 atom stereocenters. The SMILES string of the molecule is CC(=O)Nc1ccc(C(=O)[C@H](C)OC(=O)CCC(=O)c2ccc3c(c2)OCCCO3)cc1. The van der Waals surface area contributed by atoms with Crippen LogP contribution in [0.2, 0.25) is 0 Å². The first-order valence-electron chi connectivity index (χ1n) is 10.4. The van der Waals surface area contributed by atoms with E-state index in [1.54, 1.807) is 42.5 Å². The van der Waals surface area contributed by atoms with Crippen LogP contribution in [0.15, 0.2) is 42.5 Å². The number of hydrogen-bond acceptors (Lipinski definition) is 7. The zero-order chi connectivity index (χ0) is 23.1. The van der Waals surface area contributed by atoms with Gasteiger partial charge < -0.3 is 19.5 Å². The van der Waals surface area contributed by atoms with Crippen molar-refractivity contribution < 1.29 is 33.4 Å². The Morgan fingerprint density at radius 3 is 2.28 bits per heavy atom. The van der Waals surface area contributed by atoms with Crippen LogP contribution in [0.1, 0.15) is 53.8 Å². The summed E-state index contributed by atoms with van der Waals surface area (Å²) in [7, 11) is 0. The Morgan fingerprint density at radius 1 is 0.938 bits per heavy atom. The van der Waals surface area contributed by atoms with E-state index >= 15 is 0 Å². The van der Waals surface area contributed by atoms with E-state index in [0.717, 1.165) is 6.42 Å². The van der Waals surface area contributed by atoms with E-state index in [-0.39, 0.29) is 30.3 Å². The molecule has 1 heterocycles. The molecule has 0 aromatic heterocycles. The average molecular weight is 439 g/mol. The summed E-state index contributed by atoms with van der Waals surface area (Å²) in [6.07, 6.45) is -0.431. The second-order valence-corrected chi connectivity index (χ2v) is 7.39. The molecule has 0 radical (unpaired) electrons. The van der Waals surface area contributed by atoms with Gasteiger partial charge in [0.05, 0.1) is 19.6 Å². The first-order valence-corrected chi connectivity index (χ1v) is 10.4. The van der Waals surface area contributed by atoms with Crippen molar-refractivity contribution in [1.82, 2.24) is 0 Å². The van der Waals surface area contributed by atoms with Gasteiger partial charge in [-0.3, -0.25) is 19.2 Å². The van der Waals surface area contributed by atoms with Crippen molar-refractivity contribution in [2.45, 2.75) is 39.2 Å². The Labute approximate surface area is 185 Å². The molecule has 0 unspecified atom stereocenters. The summed E-state index contributed by atoms with van der Waals surface area (Å²) >= 11 is 0. The second kappa shape index (κ2) is 10.6. The predicted molar refractivity (Wildman–Crippen MR) is 116 cm³/mol. The molecule has 3 rings (SSSR count). The Hall–Kier alpha value is -3.68. The number of Topliss-reactive ketones (excluding diaryl/α,β-unsaturated/α-hetero) is 2. The van der Waals surface area contributed by atoms with Crippen molar-refractivity contribution in [1.29, 1.82) is 0 Å². The minimum absolute atomic E-state index is 0.0508. The summed E-state index contributed by atoms with van der Waals surface area (Å²) < 4.78 is 16.3. The van der Waals surface area contributed by atoms with Crippen molar-refractivity contribution in [2.75, 3.05) is 18.5 Å². The molecular weight excluding hydrogens is 414 g/mol. The Kier molecular flexibility index (Phi) is 7.59. The predicted octanol–water partition coefficient (Wildman–Crippen LogP) is 3.58. The first-order chi connectivity index (χ1) is 15.3. The number of benzene rings is 2. The van der Waals surface area contributed by atoms with Gasteiger partial charge in [-0.05, 0) is 49.4 Å². The highest BCUT2D eigenvalue weighted by Gasteiger charge is 2.21. The highest BCUT2D eigenvalue weighted by molar-refractivity contribution is 6.01. The molecule has 1 aliphatic rings. The summed E-state index contributed by atoms with van der Waals surface area (Å²) in [6, 6.07) is 11.2. The maximum absolute atomic E-state index is 12.5. The Balaban J connectivity index is 1.50. The van der Waals surface area contributed by atoms with Gasteiger partial charge in [0.2, 0.25) is 11.7 Å². The van der Waals surface area contributed by atoms with Crippen LogP contribution in [0.25, 0.3) is 0 Å². The van der Waals surface area contributed by atoms with Crippen LogP contribution in [0.4, 0.5) is 5.69 Å². The lowest BCUT2D eigenvalue weighted by molar-refractivity contribution is -0.146. The van der Waals surface area contributed by atoms with Crippen LogP contribution in [0.5, 0.6) is 11.5 Å². The van der Waals surface area contributed by atoms with Crippen molar-refractivity contribution in [3.05, 3.63) is 53.6 Å². The van der Waals surface area contributed by atoms with E-state index in [1.807, 2.05) is 0 Å². The minimum Gasteiger partial charge on any atom is -0.490 e. The molecule has 2 aromatic carbocycles. The number of carbonyl (C=O) groups is 4. The molecule has 0 fully saturated rings. The van der Waals surface area contributed by atoms with Gasteiger partial charge in [0.1, 0.15) is 0 Å². The summed E-state index contributed by atoms with van der Waals surface area (Å²) in [5.41, 5.74) is 1.33. The molecule has 0 spiro atoms. The molecule has 1 aliphatic heterocycles. The quantitative estimate of drug-likeness (QED) is 0.495. The van der Waals surface area contributed by atoms with E-state index in [9.17, 15) is 19.2 Å². The van der Waals surface area contributed by atoms with Crippen LogP contribution in [-0.4, -0.2) is 42.8 Å². The number of hydrogen-bond donors (Lipinski definition) is 1. The molecule has 2 aromatic rings. The normalized spacial score (nSPS) is 13.4. The van der Waals surface area contributed by atoms with Crippen LogP contribution < -0.4 is 14.8 Å². The van der Waals surface area contributed by atoms with E-state index < -0.39 is 12.1 Å². The van der Waals surface area contributed by atoms with Crippen LogP contribution in [0.3, 0.4) is 0 Å². The lowest BCUT2D eigenvalue weighted by Crippen LogP contribution is -2.24. The molecule has 0 aliphatic carbocycles. The summed E-state index contributed by atoms with van der Waals surface area (Å²) in [5, 5.41) is 2.61. The monoisotopic (exact) mass is 439 g/mol. The van der Waals surface area contributed by atoms with E-state index in [4.69, 9.17) is 14.2 Å². The molecule has 0 saturated heterocycles. The number of fused-ring (bicyclic) bond motifs is 1. The highest BCUT2D eigenvalue weighted by Crippen LogP contribution is 2.30. The zero-order valence-electron chi connectivity index (χ0n) is 18.0. The number of ether oxygens (including phenoxy) is 3. The van der Waals surface area contributed by atoms with Gasteiger partial charge in [-0.2, -0.15) is 0 Å². The maximum Gasteiger partial charge on any atom is 0.306 e. The van der Waals surface area contributed by atoms with Gasteiger partial charge in [0.25, 0.3) is 0 Å².